The van der Waals surface area contributed by atoms with Gasteiger partial charge in [0.1, 0.15) is 10.9 Å². The summed E-state index contributed by atoms with van der Waals surface area (Å²) in [5, 5.41) is 11.6. The SMILES string of the molecule is N=C1S/C(=C\c2cccc(Cl)c2Cl)C(=O)[C@@H]1c1nccs1. The second-order valence-corrected chi connectivity index (χ2v) is 7.08. The van der Waals surface area contributed by atoms with Gasteiger partial charge in [-0.2, -0.15) is 0 Å². The minimum absolute atomic E-state index is 0.115. The summed E-state index contributed by atoms with van der Waals surface area (Å²) in [6.45, 7) is 0. The quantitative estimate of drug-likeness (QED) is 0.782. The van der Waals surface area contributed by atoms with Crippen molar-refractivity contribution in [2.45, 2.75) is 5.92 Å². The van der Waals surface area contributed by atoms with Gasteiger partial charge in [0.15, 0.2) is 5.78 Å². The minimum atomic E-state index is -0.584. The Morgan fingerprint density at radius 3 is 2.86 bits per heavy atom. The molecule has 3 rings (SSSR count). The number of rotatable bonds is 2. The van der Waals surface area contributed by atoms with E-state index >= 15 is 0 Å². The van der Waals surface area contributed by atoms with Gasteiger partial charge in [0, 0.05) is 11.6 Å². The zero-order chi connectivity index (χ0) is 15.0. The Hall–Kier alpha value is -1.14. The number of thioether (sulfide) groups is 1. The molecule has 0 radical (unpaired) electrons. The molecule has 1 aromatic carbocycles. The Morgan fingerprint density at radius 1 is 1.33 bits per heavy atom. The second kappa shape index (κ2) is 5.93. The van der Waals surface area contributed by atoms with E-state index in [0.717, 1.165) is 11.8 Å². The number of carbonyl (C=O) groups excluding carboxylic acids is 1. The van der Waals surface area contributed by atoms with Crippen LogP contribution in [0.15, 0.2) is 34.7 Å². The van der Waals surface area contributed by atoms with Crippen LogP contribution in [0.2, 0.25) is 10.0 Å². The van der Waals surface area contributed by atoms with Crippen molar-refractivity contribution in [1.82, 2.24) is 4.98 Å². The van der Waals surface area contributed by atoms with Crippen LogP contribution in [-0.4, -0.2) is 15.8 Å². The molecule has 1 N–H and O–H groups in total. The predicted molar refractivity (Wildman–Crippen MR) is 89.6 cm³/mol. The molecular weight excluding hydrogens is 347 g/mol. The van der Waals surface area contributed by atoms with Crippen molar-refractivity contribution in [3.05, 3.63) is 55.3 Å². The summed E-state index contributed by atoms with van der Waals surface area (Å²) in [5.41, 5.74) is 0.674. The van der Waals surface area contributed by atoms with E-state index in [0.29, 0.717) is 30.6 Å². The Balaban J connectivity index is 1.98. The van der Waals surface area contributed by atoms with Gasteiger partial charge in [-0.25, -0.2) is 4.98 Å². The maximum absolute atomic E-state index is 12.5. The van der Waals surface area contributed by atoms with Crippen LogP contribution in [0.5, 0.6) is 0 Å². The third-order valence-corrected chi connectivity index (χ3v) is 5.62. The number of nitrogens with zero attached hydrogens (tertiary/aromatic N) is 1. The third kappa shape index (κ3) is 2.79. The van der Waals surface area contributed by atoms with Gasteiger partial charge in [0.25, 0.3) is 0 Å². The number of carbonyl (C=O) groups is 1. The maximum Gasteiger partial charge on any atom is 0.186 e. The number of thiazole rings is 1. The first-order valence-electron chi connectivity index (χ1n) is 5.93. The van der Waals surface area contributed by atoms with Gasteiger partial charge in [-0.05, 0) is 17.7 Å². The molecular formula is C14H8Cl2N2OS2. The molecule has 2 heterocycles. The lowest BCUT2D eigenvalue weighted by Gasteiger charge is -2.02. The Morgan fingerprint density at radius 2 is 2.14 bits per heavy atom. The highest BCUT2D eigenvalue weighted by Crippen LogP contribution is 2.42. The van der Waals surface area contributed by atoms with Crippen molar-refractivity contribution >= 4 is 63.2 Å². The fraction of sp³-hybridized carbons (Fsp3) is 0.0714. The lowest BCUT2D eigenvalue weighted by Crippen LogP contribution is -2.11. The molecule has 0 bridgehead atoms. The Labute approximate surface area is 139 Å². The van der Waals surface area contributed by atoms with E-state index in [4.69, 9.17) is 28.6 Å². The summed E-state index contributed by atoms with van der Waals surface area (Å²) in [5.74, 6) is -0.699. The summed E-state index contributed by atoms with van der Waals surface area (Å²) in [4.78, 5) is 17.1. The van der Waals surface area contributed by atoms with Gasteiger partial charge in [0.05, 0.1) is 20.0 Å². The van der Waals surface area contributed by atoms with Crippen LogP contribution < -0.4 is 0 Å². The van der Waals surface area contributed by atoms with Crippen LogP contribution in [0.25, 0.3) is 6.08 Å². The predicted octanol–water partition coefficient (Wildman–Crippen LogP) is 4.87. The average Bonchev–Trinajstić information content (AvgIpc) is 3.04. The van der Waals surface area contributed by atoms with E-state index in [9.17, 15) is 4.79 Å². The molecule has 0 saturated carbocycles. The van der Waals surface area contributed by atoms with Gasteiger partial charge >= 0.3 is 0 Å². The zero-order valence-corrected chi connectivity index (χ0v) is 13.6. The molecule has 1 fully saturated rings. The summed E-state index contributed by atoms with van der Waals surface area (Å²) < 4.78 is 0. The van der Waals surface area contributed by atoms with E-state index in [1.54, 1.807) is 35.9 Å². The van der Waals surface area contributed by atoms with Crippen LogP contribution in [0.1, 0.15) is 16.5 Å². The fourth-order valence-electron chi connectivity index (χ4n) is 1.96. The van der Waals surface area contributed by atoms with Gasteiger partial charge in [-0.3, -0.25) is 10.2 Å². The molecule has 1 aliphatic rings. The number of hydrogen-bond acceptors (Lipinski definition) is 5. The molecule has 0 amide bonds. The topological polar surface area (TPSA) is 53.8 Å². The number of benzene rings is 1. The normalized spacial score (nSPS) is 20.5. The number of ketones is 1. The van der Waals surface area contributed by atoms with Crippen LogP contribution >= 0.6 is 46.3 Å². The molecule has 3 nitrogen and oxygen atoms in total. The van der Waals surface area contributed by atoms with E-state index < -0.39 is 5.92 Å². The summed E-state index contributed by atoms with van der Waals surface area (Å²) in [6.07, 6.45) is 3.32. The largest absolute Gasteiger partial charge is 0.297 e. The van der Waals surface area contributed by atoms with Crippen LogP contribution in [-0.2, 0) is 4.79 Å². The molecule has 0 aliphatic carbocycles. The molecule has 0 spiro atoms. The number of halogens is 2. The number of nitrogens with one attached hydrogen (secondary N) is 1. The second-order valence-electron chi connectivity index (χ2n) is 4.29. The Kier molecular flexibility index (Phi) is 4.17. The molecule has 1 aliphatic heterocycles. The van der Waals surface area contributed by atoms with E-state index in [1.165, 1.54) is 11.3 Å². The molecule has 1 aromatic heterocycles. The number of allylic oxidation sites excluding steroid dienone is 1. The molecule has 1 atom stereocenters. The number of hydrogen-bond donors (Lipinski definition) is 1. The number of aromatic nitrogens is 1. The summed E-state index contributed by atoms with van der Waals surface area (Å²) in [7, 11) is 0. The van der Waals surface area contributed by atoms with E-state index in [2.05, 4.69) is 4.98 Å². The average molecular weight is 355 g/mol. The van der Waals surface area contributed by atoms with E-state index in [1.807, 2.05) is 0 Å². The van der Waals surface area contributed by atoms with Crippen molar-refractivity contribution in [3.63, 3.8) is 0 Å². The molecule has 21 heavy (non-hydrogen) atoms. The van der Waals surface area contributed by atoms with Gasteiger partial charge in [-0.15, -0.1) is 11.3 Å². The van der Waals surface area contributed by atoms with Gasteiger partial charge in [0.2, 0.25) is 0 Å². The lowest BCUT2D eigenvalue weighted by molar-refractivity contribution is -0.114. The van der Waals surface area contributed by atoms with Crippen molar-refractivity contribution in [1.29, 1.82) is 5.41 Å². The molecule has 7 heteroatoms. The maximum atomic E-state index is 12.5. The highest BCUT2D eigenvalue weighted by atomic mass is 35.5. The minimum Gasteiger partial charge on any atom is -0.297 e. The van der Waals surface area contributed by atoms with Crippen LogP contribution in [0.4, 0.5) is 0 Å². The summed E-state index contributed by atoms with van der Waals surface area (Å²) in [6, 6.07) is 5.25. The molecule has 0 unspecified atom stereocenters. The van der Waals surface area contributed by atoms with Crippen molar-refractivity contribution in [2.75, 3.05) is 0 Å². The van der Waals surface area contributed by atoms with Gasteiger partial charge < -0.3 is 0 Å². The molecule has 2 aromatic rings. The highest BCUT2D eigenvalue weighted by Gasteiger charge is 2.38. The molecule has 106 valence electrons. The Bertz CT molecular complexity index is 756. The van der Waals surface area contributed by atoms with Crippen molar-refractivity contribution in [2.24, 2.45) is 0 Å². The lowest BCUT2D eigenvalue weighted by atomic mass is 10.1. The van der Waals surface area contributed by atoms with Crippen LogP contribution in [0.3, 0.4) is 0 Å². The van der Waals surface area contributed by atoms with Crippen LogP contribution in [0, 0.1) is 5.41 Å². The number of Topliss-reactive ketones (excluding diaryl/α,β-unsaturated/α-hetero) is 1. The fourth-order valence-corrected chi connectivity index (χ4v) is 4.12. The van der Waals surface area contributed by atoms with Crippen molar-refractivity contribution in [3.8, 4) is 0 Å². The first-order chi connectivity index (χ1) is 10.1. The third-order valence-electron chi connectivity index (χ3n) is 2.95. The van der Waals surface area contributed by atoms with Crippen molar-refractivity contribution < 1.29 is 4.79 Å². The monoisotopic (exact) mass is 354 g/mol. The first kappa shape index (κ1) is 14.8. The van der Waals surface area contributed by atoms with E-state index in [-0.39, 0.29) is 5.78 Å². The first-order valence-corrected chi connectivity index (χ1v) is 8.38. The standard InChI is InChI=1S/C14H8Cl2N2OS2/c15-8-3-1-2-7(11(8)16)6-9-12(19)10(13(17)21-9)14-18-4-5-20-14/h1-6,10,17H/b9-6-,17-13?/t10-/m0/s1. The van der Waals surface area contributed by atoms with Gasteiger partial charge in [-0.1, -0.05) is 47.1 Å². The zero-order valence-electron chi connectivity index (χ0n) is 10.5. The molecule has 1 saturated heterocycles. The smallest absolute Gasteiger partial charge is 0.186 e. The summed E-state index contributed by atoms with van der Waals surface area (Å²) >= 11 is 14.6. The highest BCUT2D eigenvalue weighted by molar-refractivity contribution is 8.19.